The first kappa shape index (κ1) is 23.5. The van der Waals surface area contributed by atoms with Crippen LogP contribution in [0.1, 0.15) is 31.1 Å². The number of hydrogen-bond donors (Lipinski definition) is 2. The van der Waals surface area contributed by atoms with Gasteiger partial charge >= 0.3 is 12.1 Å². The largest absolute Gasteiger partial charge is 0.490 e. The average Bonchev–Trinajstić information content (AvgIpc) is 2.74. The van der Waals surface area contributed by atoms with Crippen molar-refractivity contribution in [3.63, 3.8) is 0 Å². The van der Waals surface area contributed by atoms with Gasteiger partial charge in [0.25, 0.3) is 5.91 Å². The third-order valence-electron chi connectivity index (χ3n) is 3.78. The molecule has 2 rings (SSSR count). The molecule has 0 atom stereocenters. The molecule has 31 heavy (non-hydrogen) atoms. The number of amides is 2. The van der Waals surface area contributed by atoms with Crippen LogP contribution in [-0.2, 0) is 14.3 Å². The van der Waals surface area contributed by atoms with Crippen molar-refractivity contribution in [1.29, 1.82) is 0 Å². The van der Waals surface area contributed by atoms with Gasteiger partial charge in [-0.25, -0.2) is 9.59 Å². The van der Waals surface area contributed by atoms with Crippen LogP contribution >= 0.6 is 0 Å². The Labute approximate surface area is 180 Å². The fourth-order valence-corrected chi connectivity index (χ4v) is 2.55. The van der Waals surface area contributed by atoms with Crippen molar-refractivity contribution in [3.05, 3.63) is 48.0 Å². The van der Waals surface area contributed by atoms with Crippen LogP contribution in [0, 0.1) is 0 Å². The molecule has 0 aliphatic carbocycles. The lowest BCUT2D eigenvalue weighted by molar-refractivity contribution is -0.119. The molecule has 0 radical (unpaired) electrons. The van der Waals surface area contributed by atoms with Crippen LogP contribution in [0.2, 0.25) is 0 Å². The van der Waals surface area contributed by atoms with Crippen molar-refractivity contribution in [2.24, 2.45) is 0 Å². The fraction of sp³-hybridized carbons (Fsp3) is 0.318. The topological polar surface area (TPSA) is 112 Å². The normalized spacial score (nSPS) is 10.0. The summed E-state index contributed by atoms with van der Waals surface area (Å²) in [6, 6.07) is 11.1. The molecule has 0 heterocycles. The monoisotopic (exact) mass is 430 g/mol. The highest BCUT2D eigenvalue weighted by atomic mass is 16.5. The lowest BCUT2D eigenvalue weighted by atomic mass is 10.2. The van der Waals surface area contributed by atoms with E-state index in [9.17, 15) is 14.4 Å². The SMILES string of the molecule is CCOC(=O)Nc1cccc(C(=O)OCC(=O)Nc2ccc(OCC)c(OCC)c2)c1. The second-order valence-electron chi connectivity index (χ2n) is 6.08. The maximum absolute atomic E-state index is 12.2. The second kappa shape index (κ2) is 12.1. The number of esters is 1. The number of carbonyl (C=O) groups excluding carboxylic acids is 3. The minimum atomic E-state index is -0.704. The highest BCUT2D eigenvalue weighted by molar-refractivity contribution is 5.96. The summed E-state index contributed by atoms with van der Waals surface area (Å²) in [5.74, 6) is -0.139. The van der Waals surface area contributed by atoms with E-state index in [0.29, 0.717) is 36.1 Å². The number of benzene rings is 2. The van der Waals surface area contributed by atoms with Gasteiger partial charge in [0.15, 0.2) is 18.1 Å². The van der Waals surface area contributed by atoms with E-state index in [1.54, 1.807) is 37.3 Å². The zero-order valence-corrected chi connectivity index (χ0v) is 17.7. The van der Waals surface area contributed by atoms with Gasteiger partial charge in [-0.1, -0.05) is 6.07 Å². The molecule has 2 aromatic rings. The molecule has 9 nitrogen and oxygen atoms in total. The lowest BCUT2D eigenvalue weighted by Crippen LogP contribution is -2.21. The van der Waals surface area contributed by atoms with Crippen LogP contribution in [0.15, 0.2) is 42.5 Å². The second-order valence-corrected chi connectivity index (χ2v) is 6.08. The molecular weight excluding hydrogens is 404 g/mol. The number of rotatable bonds is 10. The van der Waals surface area contributed by atoms with Crippen LogP contribution in [0.3, 0.4) is 0 Å². The zero-order chi connectivity index (χ0) is 22.6. The van der Waals surface area contributed by atoms with Gasteiger partial charge in [0, 0.05) is 17.4 Å². The molecule has 0 aliphatic rings. The summed E-state index contributed by atoms with van der Waals surface area (Å²) >= 11 is 0. The van der Waals surface area contributed by atoms with Gasteiger partial charge in [0.2, 0.25) is 0 Å². The van der Waals surface area contributed by atoms with E-state index >= 15 is 0 Å². The minimum absolute atomic E-state index is 0.182. The van der Waals surface area contributed by atoms with Crippen molar-refractivity contribution in [3.8, 4) is 11.5 Å². The summed E-state index contributed by atoms with van der Waals surface area (Å²) in [7, 11) is 0. The Morgan fingerprint density at radius 2 is 1.48 bits per heavy atom. The highest BCUT2D eigenvalue weighted by Crippen LogP contribution is 2.30. The maximum atomic E-state index is 12.2. The highest BCUT2D eigenvalue weighted by Gasteiger charge is 2.13. The Kier molecular flexibility index (Phi) is 9.15. The van der Waals surface area contributed by atoms with Crippen molar-refractivity contribution < 1.29 is 33.3 Å². The van der Waals surface area contributed by atoms with E-state index in [-0.39, 0.29) is 12.2 Å². The minimum Gasteiger partial charge on any atom is -0.490 e. The van der Waals surface area contributed by atoms with Gasteiger partial charge in [-0.3, -0.25) is 10.1 Å². The fourth-order valence-electron chi connectivity index (χ4n) is 2.55. The van der Waals surface area contributed by atoms with E-state index in [0.717, 1.165) is 0 Å². The van der Waals surface area contributed by atoms with Gasteiger partial charge < -0.3 is 24.3 Å². The number of nitrogens with one attached hydrogen (secondary N) is 2. The van der Waals surface area contributed by atoms with E-state index in [2.05, 4.69) is 10.6 Å². The summed E-state index contributed by atoms with van der Waals surface area (Å²) < 4.78 is 20.9. The van der Waals surface area contributed by atoms with Gasteiger partial charge in [-0.15, -0.1) is 0 Å². The van der Waals surface area contributed by atoms with E-state index in [4.69, 9.17) is 18.9 Å². The Bertz CT molecular complexity index is 914. The zero-order valence-electron chi connectivity index (χ0n) is 17.7. The molecule has 0 spiro atoms. The van der Waals surface area contributed by atoms with Crippen molar-refractivity contribution in [2.45, 2.75) is 20.8 Å². The van der Waals surface area contributed by atoms with E-state index in [1.165, 1.54) is 12.1 Å². The molecule has 2 N–H and O–H groups in total. The Balaban J connectivity index is 1.93. The van der Waals surface area contributed by atoms with Crippen LogP contribution in [0.5, 0.6) is 11.5 Å². The van der Waals surface area contributed by atoms with E-state index in [1.807, 2.05) is 13.8 Å². The average molecular weight is 430 g/mol. The quantitative estimate of drug-likeness (QED) is 0.551. The maximum Gasteiger partial charge on any atom is 0.411 e. The molecule has 0 fully saturated rings. The summed E-state index contributed by atoms with van der Waals surface area (Å²) in [6.45, 7) is 6.06. The number of anilines is 2. The molecule has 9 heteroatoms. The molecular formula is C22H26N2O7. The van der Waals surface area contributed by atoms with Crippen LogP contribution in [0.4, 0.5) is 16.2 Å². The standard InChI is InChI=1S/C22H26N2O7/c1-4-28-18-11-10-17(13-19(18)29-5-2)23-20(25)14-31-21(26)15-8-7-9-16(12-15)24-22(27)30-6-3/h7-13H,4-6,14H2,1-3H3,(H,23,25)(H,24,27). The van der Waals surface area contributed by atoms with Crippen LogP contribution in [-0.4, -0.2) is 44.4 Å². The summed E-state index contributed by atoms with van der Waals surface area (Å²) in [5.41, 5.74) is 1.03. The molecule has 2 amide bonds. The van der Waals surface area contributed by atoms with Crippen LogP contribution in [0.25, 0.3) is 0 Å². The Hall–Kier alpha value is -3.75. The molecule has 0 unspecified atom stereocenters. The smallest absolute Gasteiger partial charge is 0.411 e. The summed E-state index contributed by atoms with van der Waals surface area (Å²) in [6.07, 6.45) is -0.630. The molecule has 0 aromatic heterocycles. The molecule has 0 saturated heterocycles. The number of hydrogen-bond acceptors (Lipinski definition) is 7. The first-order chi connectivity index (χ1) is 15.0. The number of ether oxygens (including phenoxy) is 4. The predicted molar refractivity (Wildman–Crippen MR) is 115 cm³/mol. The van der Waals surface area contributed by atoms with E-state index < -0.39 is 24.6 Å². The number of carbonyl (C=O) groups is 3. The van der Waals surface area contributed by atoms with Gasteiger partial charge in [-0.05, 0) is 51.1 Å². The molecule has 0 bridgehead atoms. The lowest BCUT2D eigenvalue weighted by Gasteiger charge is -2.13. The summed E-state index contributed by atoms with van der Waals surface area (Å²) in [4.78, 5) is 35.9. The first-order valence-electron chi connectivity index (χ1n) is 9.87. The summed E-state index contributed by atoms with van der Waals surface area (Å²) in [5, 5.41) is 5.14. The van der Waals surface area contributed by atoms with Gasteiger partial charge in [0.05, 0.1) is 25.4 Å². The first-order valence-corrected chi connectivity index (χ1v) is 9.87. The van der Waals surface area contributed by atoms with Crippen molar-refractivity contribution in [1.82, 2.24) is 0 Å². The third kappa shape index (κ3) is 7.54. The molecule has 166 valence electrons. The van der Waals surface area contributed by atoms with Gasteiger partial charge in [0.1, 0.15) is 0 Å². The van der Waals surface area contributed by atoms with Crippen molar-refractivity contribution >= 4 is 29.3 Å². The van der Waals surface area contributed by atoms with Gasteiger partial charge in [-0.2, -0.15) is 0 Å². The van der Waals surface area contributed by atoms with Crippen LogP contribution < -0.4 is 20.1 Å². The molecule has 0 saturated carbocycles. The third-order valence-corrected chi connectivity index (χ3v) is 3.78. The molecule has 2 aromatic carbocycles. The van der Waals surface area contributed by atoms with Crippen molar-refractivity contribution in [2.75, 3.05) is 37.1 Å². The Morgan fingerprint density at radius 3 is 2.19 bits per heavy atom. The predicted octanol–water partition coefficient (Wildman–Crippen LogP) is 3.85. The Morgan fingerprint density at radius 1 is 0.774 bits per heavy atom. The molecule has 0 aliphatic heterocycles.